The molecule has 0 unspecified atom stereocenters. The maximum Gasteiger partial charge on any atom is 0.242 e. The van der Waals surface area contributed by atoms with Crippen molar-refractivity contribution in [2.75, 3.05) is 5.75 Å². The number of hydrogen-bond donors (Lipinski definition) is 2. The number of unbranched alkanes of at least 4 members (excludes halogenated alkanes) is 7. The Bertz CT molecular complexity index is 188. The first-order valence-electron chi connectivity index (χ1n) is 5.76. The third kappa shape index (κ3) is 18.0. The number of rotatable bonds is 10. The Hall–Kier alpha value is 1.61. The van der Waals surface area contributed by atoms with Crippen LogP contribution in [0.4, 0.5) is 0 Å². The van der Waals surface area contributed by atoms with Crippen LogP contribution in [0.5, 0.6) is 0 Å². The molecule has 0 aromatic rings. The van der Waals surface area contributed by atoms with E-state index in [2.05, 4.69) is 18.7 Å². The summed E-state index contributed by atoms with van der Waals surface area (Å²) < 4.78 is 0. The van der Waals surface area contributed by atoms with E-state index < -0.39 is 5.69 Å². The molecule has 0 heterocycles. The molecule has 0 aromatic carbocycles. The molecule has 6 heteroatoms. The summed E-state index contributed by atoms with van der Waals surface area (Å²) in [5.41, 5.74) is -2.99. The normalized spacial score (nSPS) is 11.2. The van der Waals surface area contributed by atoms with Crippen LogP contribution in [-0.2, 0) is 32.9 Å². The van der Waals surface area contributed by atoms with E-state index in [1.54, 1.807) is 0 Å². The van der Waals surface area contributed by atoms with Crippen LogP contribution in [0, 0.1) is 0 Å². The first-order chi connectivity index (χ1) is 7.06. The van der Waals surface area contributed by atoms with Crippen molar-refractivity contribution in [3.05, 3.63) is 0 Å². The molecule has 0 spiro atoms. The van der Waals surface area contributed by atoms with Crippen LogP contribution >= 0.6 is 17.1 Å². The van der Waals surface area contributed by atoms with E-state index in [4.69, 9.17) is 9.79 Å². The van der Waals surface area contributed by atoms with E-state index in [-0.39, 0.29) is 21.1 Å². The Morgan fingerprint density at radius 3 is 1.81 bits per heavy atom. The van der Waals surface area contributed by atoms with Gasteiger partial charge in [-0.3, -0.25) is 0 Å². The van der Waals surface area contributed by atoms with Gasteiger partial charge in [-0.2, -0.15) is 0 Å². The van der Waals surface area contributed by atoms with Crippen molar-refractivity contribution < 1.29 is 30.9 Å². The second-order valence-electron chi connectivity index (χ2n) is 3.80. The predicted octanol–water partition coefficient (Wildman–Crippen LogP) is 4.07. The molecule has 0 bridgehead atoms. The van der Waals surface area contributed by atoms with Gasteiger partial charge in [0.15, 0.2) is 0 Å². The third-order valence-corrected chi connectivity index (χ3v) is 5.57. The van der Waals surface area contributed by atoms with Gasteiger partial charge in [0.2, 0.25) is 5.69 Å². The molecular formula is C10H23MoO2PS2. The molecular weight excluding hydrogens is 343 g/mol. The van der Waals surface area contributed by atoms with Crippen molar-refractivity contribution in [2.45, 2.75) is 58.3 Å². The maximum atomic E-state index is 8.96. The average molecular weight is 366 g/mol. The second-order valence-corrected chi connectivity index (χ2v) is 9.97. The quantitative estimate of drug-likeness (QED) is 0.347. The molecule has 16 heavy (non-hydrogen) atoms. The molecule has 0 saturated heterocycles. The zero-order valence-electron chi connectivity index (χ0n) is 9.93. The van der Waals surface area contributed by atoms with E-state index in [0.29, 0.717) is 0 Å². The predicted molar refractivity (Wildman–Crippen MR) is 73.8 cm³/mol. The molecule has 2 nitrogen and oxygen atoms in total. The Labute approximate surface area is 123 Å². The Balaban J connectivity index is 0. The average Bonchev–Trinajstić information content (AvgIpc) is 2.14. The van der Waals surface area contributed by atoms with Crippen LogP contribution in [0.3, 0.4) is 0 Å². The Kier molecular flexibility index (Phi) is 16.3. The largest absolute Gasteiger partial charge is 0.338 e. The minimum Gasteiger partial charge on any atom is -0.338 e. The van der Waals surface area contributed by atoms with Crippen molar-refractivity contribution in [2.24, 2.45) is 0 Å². The summed E-state index contributed by atoms with van der Waals surface area (Å²) in [6.07, 6.45) is 10.2. The molecule has 0 aliphatic rings. The fourth-order valence-corrected chi connectivity index (χ4v) is 3.76. The number of hydrogen-bond acceptors (Lipinski definition) is 2. The first kappa shape index (κ1) is 19.9. The minimum absolute atomic E-state index is 0. The monoisotopic (exact) mass is 368 g/mol. The van der Waals surface area contributed by atoms with Crippen LogP contribution < -0.4 is 0 Å². The summed E-state index contributed by atoms with van der Waals surface area (Å²) in [5, 5.41) is 0. The van der Waals surface area contributed by atoms with Crippen molar-refractivity contribution in [1.29, 1.82) is 0 Å². The second kappa shape index (κ2) is 13.0. The molecule has 2 N–H and O–H groups in total. The van der Waals surface area contributed by atoms with Gasteiger partial charge in [0, 0.05) is 26.8 Å². The molecule has 98 valence electrons. The molecule has 0 rings (SSSR count). The molecule has 0 aromatic heterocycles. The van der Waals surface area contributed by atoms with Crippen molar-refractivity contribution in [3.63, 3.8) is 0 Å². The summed E-state index contributed by atoms with van der Waals surface area (Å²) in [6, 6.07) is 0. The molecule has 0 aliphatic carbocycles. The smallest absolute Gasteiger partial charge is 0.242 e. The Morgan fingerprint density at radius 1 is 0.938 bits per heavy atom. The van der Waals surface area contributed by atoms with E-state index in [1.807, 2.05) is 0 Å². The fraction of sp³-hybridized carbons (Fsp3) is 1.00. The molecule has 0 saturated carbocycles. The molecule has 0 radical (unpaired) electrons. The zero-order valence-corrected chi connectivity index (χ0v) is 14.5. The third-order valence-electron chi connectivity index (χ3n) is 2.26. The summed E-state index contributed by atoms with van der Waals surface area (Å²) in [6.45, 7) is 2.23. The van der Waals surface area contributed by atoms with Crippen LogP contribution in [0.2, 0.25) is 0 Å². The van der Waals surface area contributed by atoms with Crippen LogP contribution in [0.15, 0.2) is 0 Å². The minimum atomic E-state index is -2.99. The summed E-state index contributed by atoms with van der Waals surface area (Å²) in [7, 11) is 0. The van der Waals surface area contributed by atoms with Gasteiger partial charge in [-0.05, 0) is 18.2 Å². The van der Waals surface area contributed by atoms with E-state index >= 15 is 0 Å². The van der Waals surface area contributed by atoms with Crippen LogP contribution in [-0.4, -0.2) is 15.5 Å². The summed E-state index contributed by atoms with van der Waals surface area (Å²) in [5.74, 6) is 0.791. The molecule has 0 atom stereocenters. The SMILES string of the molecule is CCCCCCCCCCSP(O)(O)=S.[Mo]. The van der Waals surface area contributed by atoms with E-state index in [0.717, 1.165) is 23.6 Å². The zero-order chi connectivity index (χ0) is 11.6. The van der Waals surface area contributed by atoms with E-state index in [9.17, 15) is 0 Å². The summed E-state index contributed by atoms with van der Waals surface area (Å²) >= 11 is 5.66. The van der Waals surface area contributed by atoms with Crippen LogP contribution in [0.25, 0.3) is 0 Å². The molecule has 0 amide bonds. The van der Waals surface area contributed by atoms with Crippen LogP contribution in [0.1, 0.15) is 58.3 Å². The van der Waals surface area contributed by atoms with Gasteiger partial charge < -0.3 is 9.79 Å². The maximum absolute atomic E-state index is 8.96. The van der Waals surface area contributed by atoms with Gasteiger partial charge >= 0.3 is 0 Å². The van der Waals surface area contributed by atoms with Gasteiger partial charge in [-0.1, -0.05) is 63.3 Å². The molecule has 0 fully saturated rings. The first-order valence-corrected chi connectivity index (χ1v) is 10.1. The van der Waals surface area contributed by atoms with Gasteiger partial charge in [-0.25, -0.2) is 0 Å². The molecule has 0 aliphatic heterocycles. The standard InChI is InChI=1S/C10H23O2PS2.Mo/c1-2-3-4-5-6-7-8-9-10-15-13(11,12)14;/h2-10H2,1H3,(H2,11,12,14);. The van der Waals surface area contributed by atoms with Gasteiger partial charge in [0.25, 0.3) is 0 Å². The van der Waals surface area contributed by atoms with E-state index in [1.165, 1.54) is 44.9 Å². The van der Waals surface area contributed by atoms with Crippen molar-refractivity contribution in [1.82, 2.24) is 0 Å². The van der Waals surface area contributed by atoms with Gasteiger partial charge in [-0.15, -0.1) is 0 Å². The van der Waals surface area contributed by atoms with Crippen molar-refractivity contribution >= 4 is 28.9 Å². The van der Waals surface area contributed by atoms with Gasteiger partial charge in [0.1, 0.15) is 0 Å². The Morgan fingerprint density at radius 2 is 1.38 bits per heavy atom. The fourth-order valence-electron chi connectivity index (χ4n) is 1.42. The topological polar surface area (TPSA) is 40.5 Å². The summed E-state index contributed by atoms with van der Waals surface area (Å²) in [4.78, 5) is 17.9. The van der Waals surface area contributed by atoms with Gasteiger partial charge in [0.05, 0.1) is 0 Å². The van der Waals surface area contributed by atoms with Crippen molar-refractivity contribution in [3.8, 4) is 0 Å².